The predicted molar refractivity (Wildman–Crippen MR) is 166 cm³/mol. The van der Waals surface area contributed by atoms with Crippen LogP contribution in [0, 0.1) is 13.8 Å². The number of hydrogen-bond donors (Lipinski definition) is 1. The Labute approximate surface area is 263 Å². The molecule has 234 valence electrons. The first kappa shape index (κ1) is 30.6. The average molecular weight is 646 g/mol. The molecule has 4 heterocycles. The number of ether oxygens (including phenoxy) is 1. The second-order valence-electron chi connectivity index (χ2n) is 10.3. The van der Waals surface area contributed by atoms with Gasteiger partial charge in [0.2, 0.25) is 5.95 Å². The van der Waals surface area contributed by atoms with E-state index < -0.39 is 28.8 Å². The fourth-order valence-corrected chi connectivity index (χ4v) is 5.89. The lowest BCUT2D eigenvalue weighted by molar-refractivity contribution is -0.141. The number of nitrogens with zero attached hydrogens (tertiary/aromatic N) is 6. The molecule has 1 atom stereocenters. The Morgan fingerprint density at radius 2 is 1.78 bits per heavy atom. The standard InChI is InChI=1S/C32H26F3N7O3S/c1-4-45-30(43)23-14-22(16-36-17-23)26-18-37-31(39-29(26)42-20(3)13-28(40-42)32(33,34)35)38-24-7-10-27-21(15-24)11-12-41(27)46(44)25-8-5-19(2)6-9-25/h5-18H,4H2,1-3H3,(H,37,38,39). The summed E-state index contributed by atoms with van der Waals surface area (Å²) >= 11 is 0. The van der Waals surface area contributed by atoms with Gasteiger partial charge in [-0.3, -0.25) is 8.96 Å². The van der Waals surface area contributed by atoms with Crippen molar-refractivity contribution in [1.82, 2.24) is 28.7 Å². The number of pyridine rings is 1. The van der Waals surface area contributed by atoms with Crippen molar-refractivity contribution in [2.24, 2.45) is 0 Å². The van der Waals surface area contributed by atoms with E-state index >= 15 is 0 Å². The number of nitrogens with one attached hydrogen (secondary N) is 1. The van der Waals surface area contributed by atoms with Gasteiger partial charge in [-0.15, -0.1) is 0 Å². The van der Waals surface area contributed by atoms with Gasteiger partial charge in [-0.05, 0) is 69.3 Å². The van der Waals surface area contributed by atoms with Crippen molar-refractivity contribution in [2.75, 3.05) is 11.9 Å². The van der Waals surface area contributed by atoms with Crippen LogP contribution >= 0.6 is 0 Å². The van der Waals surface area contributed by atoms with Gasteiger partial charge < -0.3 is 10.1 Å². The molecule has 0 spiro atoms. The number of rotatable bonds is 8. The van der Waals surface area contributed by atoms with E-state index in [1.165, 1.54) is 31.6 Å². The molecule has 2 aromatic carbocycles. The van der Waals surface area contributed by atoms with Crippen LogP contribution in [0.3, 0.4) is 0 Å². The van der Waals surface area contributed by atoms with E-state index in [4.69, 9.17) is 4.74 Å². The number of alkyl halides is 3. The van der Waals surface area contributed by atoms with Crippen LogP contribution in [-0.2, 0) is 21.9 Å². The number of anilines is 2. The highest BCUT2D eigenvalue weighted by Crippen LogP contribution is 2.32. The molecule has 1 N–H and O–H groups in total. The van der Waals surface area contributed by atoms with Crippen LogP contribution in [0.2, 0.25) is 0 Å². The molecule has 4 aromatic heterocycles. The van der Waals surface area contributed by atoms with Crippen molar-refractivity contribution in [1.29, 1.82) is 0 Å². The predicted octanol–water partition coefficient (Wildman–Crippen LogP) is 6.81. The van der Waals surface area contributed by atoms with E-state index in [0.717, 1.165) is 27.2 Å². The van der Waals surface area contributed by atoms with Crippen molar-refractivity contribution < 1.29 is 26.9 Å². The van der Waals surface area contributed by atoms with Crippen LogP contribution in [0.1, 0.15) is 34.2 Å². The molecule has 0 aliphatic carbocycles. The smallest absolute Gasteiger partial charge is 0.435 e. The maximum Gasteiger partial charge on any atom is 0.435 e. The first-order valence-electron chi connectivity index (χ1n) is 14.0. The summed E-state index contributed by atoms with van der Waals surface area (Å²) < 4.78 is 61.8. The number of hydrogen-bond acceptors (Lipinski definition) is 8. The first-order valence-corrected chi connectivity index (χ1v) is 15.1. The maximum absolute atomic E-state index is 13.6. The van der Waals surface area contributed by atoms with Crippen LogP contribution in [0.15, 0.2) is 90.3 Å². The van der Waals surface area contributed by atoms with Gasteiger partial charge in [0, 0.05) is 52.7 Å². The topological polar surface area (TPSA) is 117 Å². The number of esters is 1. The van der Waals surface area contributed by atoms with Crippen molar-refractivity contribution in [2.45, 2.75) is 31.8 Å². The highest BCUT2D eigenvalue weighted by Gasteiger charge is 2.35. The zero-order chi connectivity index (χ0) is 32.6. The summed E-state index contributed by atoms with van der Waals surface area (Å²) in [6, 6.07) is 17.1. The summed E-state index contributed by atoms with van der Waals surface area (Å²) in [6.07, 6.45) is 1.26. The van der Waals surface area contributed by atoms with E-state index in [2.05, 4.69) is 25.4 Å². The number of fused-ring (bicyclic) bond motifs is 1. The molecule has 6 aromatic rings. The van der Waals surface area contributed by atoms with Crippen molar-refractivity contribution in [3.8, 4) is 16.9 Å². The number of aromatic nitrogens is 6. The largest absolute Gasteiger partial charge is 0.462 e. The Balaban J connectivity index is 1.37. The first-order chi connectivity index (χ1) is 22.0. The molecule has 14 heteroatoms. The molecule has 1 unspecified atom stereocenters. The summed E-state index contributed by atoms with van der Waals surface area (Å²) in [5.41, 5.74) is 2.31. The van der Waals surface area contributed by atoms with E-state index in [1.807, 2.05) is 43.3 Å². The molecule has 10 nitrogen and oxygen atoms in total. The molecule has 0 bridgehead atoms. The van der Waals surface area contributed by atoms with Crippen LogP contribution in [0.4, 0.5) is 24.8 Å². The number of carbonyl (C=O) groups excluding carboxylic acids is 1. The summed E-state index contributed by atoms with van der Waals surface area (Å²) in [5, 5.41) is 7.69. The molecular weight excluding hydrogens is 619 g/mol. The lowest BCUT2D eigenvalue weighted by atomic mass is 10.1. The van der Waals surface area contributed by atoms with Gasteiger partial charge >= 0.3 is 12.1 Å². The Kier molecular flexibility index (Phi) is 8.13. The highest BCUT2D eigenvalue weighted by atomic mass is 32.2. The van der Waals surface area contributed by atoms with E-state index in [-0.39, 0.29) is 35.2 Å². The Morgan fingerprint density at radius 1 is 1.00 bits per heavy atom. The minimum Gasteiger partial charge on any atom is -0.462 e. The van der Waals surface area contributed by atoms with Crippen LogP contribution < -0.4 is 5.32 Å². The van der Waals surface area contributed by atoms with Crippen molar-refractivity contribution in [3.63, 3.8) is 0 Å². The summed E-state index contributed by atoms with van der Waals surface area (Å²) in [5.74, 6) is -0.480. The van der Waals surface area contributed by atoms with Gasteiger partial charge in [0.25, 0.3) is 0 Å². The normalized spacial score (nSPS) is 12.3. The van der Waals surface area contributed by atoms with E-state index in [0.29, 0.717) is 16.1 Å². The third-order valence-electron chi connectivity index (χ3n) is 7.02. The number of benzene rings is 2. The molecule has 0 saturated carbocycles. The average Bonchev–Trinajstić information content (AvgIpc) is 3.65. The van der Waals surface area contributed by atoms with E-state index in [9.17, 15) is 22.2 Å². The monoisotopic (exact) mass is 645 g/mol. The minimum atomic E-state index is -4.68. The lowest BCUT2D eigenvalue weighted by Gasteiger charge is -2.13. The quantitative estimate of drug-likeness (QED) is 0.180. The van der Waals surface area contributed by atoms with Gasteiger partial charge in [-0.1, -0.05) is 17.7 Å². The summed E-state index contributed by atoms with van der Waals surface area (Å²) in [4.78, 5) is 26.1. The zero-order valence-corrected chi connectivity index (χ0v) is 25.6. The second kappa shape index (κ2) is 12.2. The maximum atomic E-state index is 13.6. The molecule has 0 saturated heterocycles. The molecule has 46 heavy (non-hydrogen) atoms. The van der Waals surface area contributed by atoms with E-state index in [1.54, 1.807) is 29.2 Å². The molecular formula is C32H26F3N7O3S. The Morgan fingerprint density at radius 3 is 2.50 bits per heavy atom. The van der Waals surface area contributed by atoms with Crippen molar-refractivity contribution >= 4 is 39.5 Å². The molecule has 6 rings (SSSR count). The van der Waals surface area contributed by atoms with Crippen LogP contribution in [-0.4, -0.2) is 45.5 Å². The van der Waals surface area contributed by atoms with Gasteiger partial charge in [-0.25, -0.2) is 18.7 Å². The summed E-state index contributed by atoms with van der Waals surface area (Å²) in [6.45, 7) is 5.27. The molecule has 0 radical (unpaired) electrons. The number of aryl methyl sites for hydroxylation is 2. The highest BCUT2D eigenvalue weighted by molar-refractivity contribution is 7.83. The molecule has 0 aliphatic heterocycles. The number of carbonyl (C=O) groups is 1. The molecule has 0 fully saturated rings. The second-order valence-corrected chi connectivity index (χ2v) is 11.7. The molecule has 0 amide bonds. The van der Waals surface area contributed by atoms with Gasteiger partial charge in [-0.2, -0.15) is 23.3 Å². The SMILES string of the molecule is CCOC(=O)c1cncc(-c2cnc(Nc3ccc4c(ccn4S(=O)c4ccc(C)cc4)c3)nc2-n2nc(C(F)(F)F)cc2C)c1. The van der Waals surface area contributed by atoms with Crippen LogP contribution in [0.5, 0.6) is 0 Å². The van der Waals surface area contributed by atoms with Crippen LogP contribution in [0.25, 0.3) is 27.8 Å². The lowest BCUT2D eigenvalue weighted by Crippen LogP contribution is -2.11. The fraction of sp³-hybridized carbons (Fsp3) is 0.156. The molecule has 0 aliphatic rings. The Bertz CT molecular complexity index is 2110. The summed E-state index contributed by atoms with van der Waals surface area (Å²) in [7, 11) is -1.45. The third-order valence-corrected chi connectivity index (χ3v) is 8.37. The van der Waals surface area contributed by atoms with Gasteiger partial charge in [0.15, 0.2) is 22.5 Å². The van der Waals surface area contributed by atoms with Crippen molar-refractivity contribution in [3.05, 3.63) is 108 Å². The number of halogens is 3. The van der Waals surface area contributed by atoms with Gasteiger partial charge in [0.05, 0.1) is 22.6 Å². The van der Waals surface area contributed by atoms with Gasteiger partial charge in [0.1, 0.15) is 0 Å². The minimum absolute atomic E-state index is 0.0361. The third kappa shape index (κ3) is 6.11. The zero-order valence-electron chi connectivity index (χ0n) is 24.7. The fourth-order valence-electron chi connectivity index (χ4n) is 4.78. The Hall–Kier alpha value is -5.37.